The van der Waals surface area contributed by atoms with Crippen molar-refractivity contribution in [2.24, 2.45) is 0 Å². The third kappa shape index (κ3) is 4.67. The van der Waals surface area contributed by atoms with Crippen LogP contribution in [-0.4, -0.2) is 29.5 Å². The predicted octanol–water partition coefficient (Wildman–Crippen LogP) is 2.71. The van der Waals surface area contributed by atoms with E-state index in [2.05, 4.69) is 13.8 Å². The number of aliphatic hydroxyl groups is 2. The highest BCUT2D eigenvalue weighted by atomic mass is 16.5. The van der Waals surface area contributed by atoms with Gasteiger partial charge < -0.3 is 14.9 Å². The maximum atomic E-state index is 9.52. The molecule has 0 amide bonds. The molecular formula is C15H24O3. The summed E-state index contributed by atoms with van der Waals surface area (Å²) < 4.78 is 5.54. The molecule has 3 heteroatoms. The highest BCUT2D eigenvalue weighted by Crippen LogP contribution is 2.26. The first-order chi connectivity index (χ1) is 8.71. The molecule has 0 fully saturated rings. The van der Waals surface area contributed by atoms with E-state index in [1.807, 2.05) is 24.3 Å². The molecule has 3 nitrogen and oxygen atoms in total. The Morgan fingerprint density at radius 2 is 1.83 bits per heavy atom. The van der Waals surface area contributed by atoms with E-state index in [1.165, 1.54) is 5.56 Å². The van der Waals surface area contributed by atoms with Gasteiger partial charge in [0.1, 0.15) is 5.75 Å². The summed E-state index contributed by atoms with van der Waals surface area (Å²) >= 11 is 0. The molecule has 0 aliphatic carbocycles. The average Bonchev–Trinajstić information content (AvgIpc) is 2.42. The fourth-order valence-corrected chi connectivity index (χ4v) is 2.00. The molecule has 1 aromatic rings. The summed E-state index contributed by atoms with van der Waals surface area (Å²) in [5, 5.41) is 18.4. The van der Waals surface area contributed by atoms with E-state index >= 15 is 0 Å². The molecule has 0 saturated heterocycles. The zero-order valence-corrected chi connectivity index (χ0v) is 11.3. The van der Waals surface area contributed by atoms with Crippen LogP contribution in [0.15, 0.2) is 24.3 Å². The summed E-state index contributed by atoms with van der Waals surface area (Å²) in [5.41, 5.74) is 1.19. The predicted molar refractivity (Wildman–Crippen MR) is 73.0 cm³/mol. The van der Waals surface area contributed by atoms with Crippen molar-refractivity contribution in [3.05, 3.63) is 29.8 Å². The zero-order chi connectivity index (χ0) is 13.4. The van der Waals surface area contributed by atoms with Crippen LogP contribution >= 0.6 is 0 Å². The minimum absolute atomic E-state index is 0.172. The molecule has 0 aliphatic rings. The highest BCUT2D eigenvalue weighted by Gasteiger charge is 2.14. The first kappa shape index (κ1) is 15.0. The van der Waals surface area contributed by atoms with Gasteiger partial charge in [0.2, 0.25) is 0 Å². The SMILES string of the molecule is CCCOc1ccc(C(CC)CC(O)CO)cc1. The number of hydrogen-bond acceptors (Lipinski definition) is 3. The Bertz CT molecular complexity index is 321. The molecule has 0 aromatic heterocycles. The number of aliphatic hydroxyl groups excluding tert-OH is 2. The normalized spacial score (nSPS) is 14.2. The van der Waals surface area contributed by atoms with Gasteiger partial charge in [-0.05, 0) is 42.9 Å². The van der Waals surface area contributed by atoms with Crippen molar-refractivity contribution in [2.45, 2.75) is 45.1 Å². The summed E-state index contributed by atoms with van der Waals surface area (Å²) in [4.78, 5) is 0. The summed E-state index contributed by atoms with van der Waals surface area (Å²) in [5.74, 6) is 1.17. The number of hydrogen-bond donors (Lipinski definition) is 2. The maximum Gasteiger partial charge on any atom is 0.119 e. The minimum Gasteiger partial charge on any atom is -0.494 e. The first-order valence-electron chi connectivity index (χ1n) is 6.72. The van der Waals surface area contributed by atoms with Crippen LogP contribution in [0.3, 0.4) is 0 Å². The van der Waals surface area contributed by atoms with Crippen molar-refractivity contribution in [3.63, 3.8) is 0 Å². The molecule has 2 atom stereocenters. The molecule has 0 saturated carbocycles. The van der Waals surface area contributed by atoms with E-state index < -0.39 is 6.10 Å². The lowest BCUT2D eigenvalue weighted by molar-refractivity contribution is 0.0817. The van der Waals surface area contributed by atoms with Gasteiger partial charge in [0.15, 0.2) is 0 Å². The van der Waals surface area contributed by atoms with Crippen molar-refractivity contribution in [2.75, 3.05) is 13.2 Å². The van der Waals surface area contributed by atoms with Gasteiger partial charge in [0.05, 0.1) is 19.3 Å². The summed E-state index contributed by atoms with van der Waals surface area (Å²) in [6.45, 7) is 4.74. The molecule has 2 unspecified atom stereocenters. The Balaban J connectivity index is 2.63. The monoisotopic (exact) mass is 252 g/mol. The largest absolute Gasteiger partial charge is 0.494 e. The van der Waals surface area contributed by atoms with Crippen molar-refractivity contribution in [3.8, 4) is 5.75 Å². The molecule has 0 heterocycles. The van der Waals surface area contributed by atoms with Crippen molar-refractivity contribution in [1.82, 2.24) is 0 Å². The van der Waals surface area contributed by atoms with Gasteiger partial charge in [0, 0.05) is 0 Å². The van der Waals surface area contributed by atoms with Gasteiger partial charge >= 0.3 is 0 Å². The van der Waals surface area contributed by atoms with Crippen molar-refractivity contribution < 1.29 is 14.9 Å². The van der Waals surface area contributed by atoms with Crippen LogP contribution in [-0.2, 0) is 0 Å². The molecule has 0 bridgehead atoms. The van der Waals surface area contributed by atoms with Crippen LogP contribution in [0.2, 0.25) is 0 Å². The molecule has 102 valence electrons. The van der Waals surface area contributed by atoms with Crippen LogP contribution in [0, 0.1) is 0 Å². The van der Waals surface area contributed by atoms with E-state index in [1.54, 1.807) is 0 Å². The summed E-state index contributed by atoms with van der Waals surface area (Å²) in [6.07, 6.45) is 1.92. The number of benzene rings is 1. The molecular weight excluding hydrogens is 228 g/mol. The van der Waals surface area contributed by atoms with Gasteiger partial charge in [-0.2, -0.15) is 0 Å². The van der Waals surface area contributed by atoms with Crippen LogP contribution in [0.4, 0.5) is 0 Å². The Hall–Kier alpha value is -1.06. The molecule has 0 spiro atoms. The molecule has 1 rings (SSSR count). The highest BCUT2D eigenvalue weighted by molar-refractivity contribution is 5.29. The zero-order valence-electron chi connectivity index (χ0n) is 11.3. The molecule has 2 N–H and O–H groups in total. The van der Waals surface area contributed by atoms with Gasteiger partial charge in [-0.3, -0.25) is 0 Å². The quantitative estimate of drug-likeness (QED) is 0.748. The molecule has 0 aliphatic heterocycles. The Kier molecular flexibility index (Phi) is 6.76. The van der Waals surface area contributed by atoms with Crippen molar-refractivity contribution in [1.29, 1.82) is 0 Å². The van der Waals surface area contributed by atoms with E-state index in [9.17, 15) is 5.11 Å². The smallest absolute Gasteiger partial charge is 0.119 e. The van der Waals surface area contributed by atoms with E-state index in [-0.39, 0.29) is 12.5 Å². The second-order valence-electron chi connectivity index (χ2n) is 4.59. The van der Waals surface area contributed by atoms with E-state index in [0.717, 1.165) is 25.2 Å². The van der Waals surface area contributed by atoms with Crippen LogP contribution in [0.5, 0.6) is 5.75 Å². The Morgan fingerprint density at radius 3 is 2.33 bits per heavy atom. The van der Waals surface area contributed by atoms with Gasteiger partial charge in [-0.15, -0.1) is 0 Å². The fourth-order valence-electron chi connectivity index (χ4n) is 2.00. The average molecular weight is 252 g/mol. The van der Waals surface area contributed by atoms with Gasteiger partial charge in [-0.1, -0.05) is 26.0 Å². The van der Waals surface area contributed by atoms with E-state index in [4.69, 9.17) is 9.84 Å². The van der Waals surface area contributed by atoms with E-state index in [0.29, 0.717) is 6.42 Å². The van der Waals surface area contributed by atoms with Gasteiger partial charge in [-0.25, -0.2) is 0 Å². The molecule has 1 aromatic carbocycles. The molecule has 0 radical (unpaired) electrons. The summed E-state index contributed by atoms with van der Waals surface area (Å²) in [7, 11) is 0. The minimum atomic E-state index is -0.633. The summed E-state index contributed by atoms with van der Waals surface area (Å²) in [6, 6.07) is 8.03. The molecule has 18 heavy (non-hydrogen) atoms. The van der Waals surface area contributed by atoms with Crippen LogP contribution in [0.25, 0.3) is 0 Å². The lowest BCUT2D eigenvalue weighted by Gasteiger charge is -2.18. The topological polar surface area (TPSA) is 49.7 Å². The first-order valence-corrected chi connectivity index (χ1v) is 6.72. The van der Waals surface area contributed by atoms with Crippen molar-refractivity contribution >= 4 is 0 Å². The Morgan fingerprint density at radius 1 is 1.17 bits per heavy atom. The fraction of sp³-hybridized carbons (Fsp3) is 0.600. The second-order valence-corrected chi connectivity index (χ2v) is 4.59. The third-order valence-corrected chi connectivity index (χ3v) is 3.08. The Labute approximate surface area is 109 Å². The van der Waals surface area contributed by atoms with Crippen LogP contribution in [0.1, 0.15) is 44.6 Å². The van der Waals surface area contributed by atoms with Crippen LogP contribution < -0.4 is 4.74 Å². The number of ether oxygens (including phenoxy) is 1. The lowest BCUT2D eigenvalue weighted by Crippen LogP contribution is -2.16. The van der Waals surface area contributed by atoms with Gasteiger partial charge in [0.25, 0.3) is 0 Å². The maximum absolute atomic E-state index is 9.52. The second kappa shape index (κ2) is 8.11. The lowest BCUT2D eigenvalue weighted by atomic mass is 9.91. The standard InChI is InChI=1S/C15H24O3/c1-3-9-18-15-7-5-13(6-8-15)12(4-2)10-14(17)11-16/h5-8,12,14,16-17H,3-4,9-11H2,1-2H3. The third-order valence-electron chi connectivity index (χ3n) is 3.08. The number of rotatable bonds is 8.